The number of hydrogen-bond acceptors (Lipinski definition) is 5. The van der Waals surface area contributed by atoms with Crippen LogP contribution in [0.15, 0.2) is 18.2 Å². The van der Waals surface area contributed by atoms with Crippen molar-refractivity contribution >= 4 is 34.0 Å². The predicted molar refractivity (Wildman–Crippen MR) is 83.2 cm³/mol. The number of nitrogens with one attached hydrogen (secondary N) is 1. The van der Waals surface area contributed by atoms with Crippen molar-refractivity contribution in [2.75, 3.05) is 18.9 Å². The van der Waals surface area contributed by atoms with E-state index >= 15 is 0 Å². The molecular weight excluding hydrogens is 310 g/mol. The summed E-state index contributed by atoms with van der Waals surface area (Å²) in [5.41, 5.74) is 1.46. The van der Waals surface area contributed by atoms with Gasteiger partial charge in [0.25, 0.3) is 5.91 Å². The van der Waals surface area contributed by atoms with Crippen LogP contribution >= 0.6 is 22.9 Å². The number of hydrogen-bond donors (Lipinski definition) is 2. The number of rotatable bonds is 2. The molecule has 1 aliphatic heterocycles. The highest BCUT2D eigenvalue weighted by atomic mass is 35.5. The molecule has 0 radical (unpaired) electrons. The van der Waals surface area contributed by atoms with Crippen molar-refractivity contribution in [2.24, 2.45) is 0 Å². The third kappa shape index (κ3) is 3.02. The molecule has 0 unspecified atom stereocenters. The monoisotopic (exact) mass is 323 g/mol. The second kappa shape index (κ2) is 5.63. The summed E-state index contributed by atoms with van der Waals surface area (Å²) < 4.78 is 0. The molecule has 2 aromatic rings. The average Bonchev–Trinajstić information content (AvgIpc) is 2.83. The first-order valence-electron chi connectivity index (χ1n) is 6.50. The molecule has 110 valence electrons. The van der Waals surface area contributed by atoms with E-state index in [1.54, 1.807) is 0 Å². The second-order valence-corrected chi connectivity index (χ2v) is 6.49. The van der Waals surface area contributed by atoms with Gasteiger partial charge in [-0.15, -0.1) is 11.3 Å². The molecular formula is C14H14ClN3O2S. The molecule has 0 saturated heterocycles. The molecule has 0 aliphatic carbocycles. The smallest absolute Gasteiger partial charge is 0.257 e. The number of phenolic OH excluding ortho intramolecular Hbond substituents is 1. The summed E-state index contributed by atoms with van der Waals surface area (Å²) in [6.45, 7) is 1.85. The van der Waals surface area contributed by atoms with Crippen molar-refractivity contribution in [3.8, 4) is 5.75 Å². The first kappa shape index (κ1) is 14.3. The summed E-state index contributed by atoms with van der Waals surface area (Å²) in [5.74, 6) is -0.322. The normalized spacial score (nSPS) is 14.8. The Balaban J connectivity index is 1.77. The van der Waals surface area contributed by atoms with Gasteiger partial charge in [-0.2, -0.15) is 0 Å². The Labute approximate surface area is 131 Å². The third-order valence-corrected chi connectivity index (χ3v) is 4.65. The first-order valence-corrected chi connectivity index (χ1v) is 7.69. The van der Waals surface area contributed by atoms with Gasteiger partial charge in [-0.3, -0.25) is 10.1 Å². The number of nitrogens with zero attached hydrogens (tertiary/aromatic N) is 2. The van der Waals surface area contributed by atoms with E-state index in [1.165, 1.54) is 34.4 Å². The number of fused-ring (bicyclic) bond motifs is 1. The van der Waals surface area contributed by atoms with Crippen LogP contribution in [0.4, 0.5) is 5.13 Å². The van der Waals surface area contributed by atoms with Crippen molar-refractivity contribution in [1.82, 2.24) is 9.88 Å². The molecule has 3 rings (SSSR count). The van der Waals surface area contributed by atoms with E-state index in [0.29, 0.717) is 10.7 Å². The maximum Gasteiger partial charge on any atom is 0.257 e. The first-order chi connectivity index (χ1) is 10.0. The Hall–Kier alpha value is -1.63. The third-order valence-electron chi connectivity index (χ3n) is 3.35. The zero-order valence-electron chi connectivity index (χ0n) is 11.4. The van der Waals surface area contributed by atoms with Gasteiger partial charge >= 0.3 is 0 Å². The summed E-state index contributed by atoms with van der Waals surface area (Å²) in [5, 5.41) is 12.9. The Morgan fingerprint density at radius 1 is 1.52 bits per heavy atom. The Morgan fingerprint density at radius 2 is 2.33 bits per heavy atom. The molecule has 0 fully saturated rings. The number of aromatic nitrogens is 1. The van der Waals surface area contributed by atoms with Gasteiger partial charge in [0.05, 0.1) is 10.7 Å². The Kier molecular flexibility index (Phi) is 3.84. The molecule has 5 nitrogen and oxygen atoms in total. The number of halogens is 1. The van der Waals surface area contributed by atoms with Gasteiger partial charge in [-0.05, 0) is 25.2 Å². The molecule has 0 bridgehead atoms. The quantitative estimate of drug-likeness (QED) is 0.892. The van der Waals surface area contributed by atoms with Crippen LogP contribution in [-0.2, 0) is 13.0 Å². The van der Waals surface area contributed by atoms with Crippen LogP contribution in [0.1, 0.15) is 20.9 Å². The average molecular weight is 324 g/mol. The predicted octanol–water partition coefficient (Wildman–Crippen LogP) is 2.74. The van der Waals surface area contributed by atoms with Crippen molar-refractivity contribution in [2.45, 2.75) is 13.0 Å². The highest BCUT2D eigenvalue weighted by Crippen LogP contribution is 2.29. The Bertz CT molecular complexity index is 702. The van der Waals surface area contributed by atoms with Gasteiger partial charge in [-0.25, -0.2) is 4.98 Å². The maximum atomic E-state index is 12.2. The number of thiazole rings is 1. The van der Waals surface area contributed by atoms with E-state index in [9.17, 15) is 9.90 Å². The SMILES string of the molecule is CN1CCc2nc(NC(=O)c3ccc(O)c(Cl)c3)sc2C1. The van der Waals surface area contributed by atoms with Gasteiger partial charge < -0.3 is 10.0 Å². The summed E-state index contributed by atoms with van der Waals surface area (Å²) >= 11 is 7.31. The topological polar surface area (TPSA) is 65.5 Å². The van der Waals surface area contributed by atoms with Crippen LogP contribution < -0.4 is 5.32 Å². The lowest BCUT2D eigenvalue weighted by Crippen LogP contribution is -2.25. The summed E-state index contributed by atoms with van der Waals surface area (Å²) in [6.07, 6.45) is 0.906. The van der Waals surface area contributed by atoms with E-state index < -0.39 is 0 Å². The van der Waals surface area contributed by atoms with Crippen LogP contribution in [0.25, 0.3) is 0 Å². The van der Waals surface area contributed by atoms with Gasteiger partial charge in [0.1, 0.15) is 5.75 Å². The van der Waals surface area contributed by atoms with E-state index in [0.717, 1.165) is 25.2 Å². The molecule has 1 amide bonds. The fourth-order valence-corrected chi connectivity index (χ4v) is 3.46. The summed E-state index contributed by atoms with van der Waals surface area (Å²) in [4.78, 5) is 20.1. The number of amides is 1. The summed E-state index contributed by atoms with van der Waals surface area (Å²) in [6, 6.07) is 4.37. The van der Waals surface area contributed by atoms with Crippen molar-refractivity contribution < 1.29 is 9.90 Å². The largest absolute Gasteiger partial charge is 0.506 e. The van der Waals surface area contributed by atoms with Gasteiger partial charge in [0.15, 0.2) is 5.13 Å². The fourth-order valence-electron chi connectivity index (χ4n) is 2.19. The fraction of sp³-hybridized carbons (Fsp3) is 0.286. The molecule has 2 heterocycles. The van der Waals surface area contributed by atoms with Crippen molar-refractivity contribution in [1.29, 1.82) is 0 Å². The highest BCUT2D eigenvalue weighted by Gasteiger charge is 2.19. The number of carbonyl (C=O) groups excluding carboxylic acids is 1. The van der Waals surface area contributed by atoms with Crippen LogP contribution in [0, 0.1) is 0 Å². The van der Waals surface area contributed by atoms with Crippen molar-refractivity contribution in [3.63, 3.8) is 0 Å². The second-order valence-electron chi connectivity index (χ2n) is 5.00. The van der Waals surface area contributed by atoms with Crippen molar-refractivity contribution in [3.05, 3.63) is 39.4 Å². The lowest BCUT2D eigenvalue weighted by atomic mass is 10.2. The van der Waals surface area contributed by atoms with E-state index in [2.05, 4.69) is 22.2 Å². The molecule has 1 aromatic heterocycles. The van der Waals surface area contributed by atoms with E-state index in [1.807, 2.05) is 0 Å². The molecule has 0 saturated carbocycles. The maximum absolute atomic E-state index is 12.2. The minimum atomic E-state index is -0.281. The van der Waals surface area contributed by atoms with Gasteiger partial charge in [0.2, 0.25) is 0 Å². The standard InChI is InChI=1S/C14H14ClN3O2S/c1-18-5-4-10-12(7-18)21-14(16-10)17-13(20)8-2-3-11(19)9(15)6-8/h2-3,6,19H,4-5,7H2,1H3,(H,16,17,20). The van der Waals surface area contributed by atoms with Gasteiger partial charge in [-0.1, -0.05) is 11.6 Å². The van der Waals surface area contributed by atoms with Crippen LogP contribution in [0.2, 0.25) is 5.02 Å². The highest BCUT2D eigenvalue weighted by molar-refractivity contribution is 7.15. The minimum absolute atomic E-state index is 0.0408. The van der Waals surface area contributed by atoms with E-state index in [-0.39, 0.29) is 16.7 Å². The zero-order valence-corrected chi connectivity index (χ0v) is 13.0. The molecule has 2 N–H and O–H groups in total. The van der Waals surface area contributed by atoms with Crippen LogP contribution in [0.3, 0.4) is 0 Å². The van der Waals surface area contributed by atoms with Gasteiger partial charge in [0, 0.05) is 30.0 Å². The molecule has 1 aliphatic rings. The number of benzene rings is 1. The zero-order chi connectivity index (χ0) is 15.0. The molecule has 0 atom stereocenters. The summed E-state index contributed by atoms with van der Waals surface area (Å²) in [7, 11) is 2.07. The lowest BCUT2D eigenvalue weighted by molar-refractivity contribution is 0.102. The number of carbonyl (C=O) groups is 1. The lowest BCUT2D eigenvalue weighted by Gasteiger charge is -2.20. The minimum Gasteiger partial charge on any atom is -0.506 e. The van der Waals surface area contributed by atoms with Crippen LogP contribution in [0.5, 0.6) is 5.75 Å². The van der Waals surface area contributed by atoms with Crippen LogP contribution in [-0.4, -0.2) is 34.5 Å². The molecule has 0 spiro atoms. The number of aromatic hydroxyl groups is 1. The Morgan fingerprint density at radius 3 is 3.10 bits per heavy atom. The molecule has 7 heteroatoms. The number of anilines is 1. The number of phenols is 1. The number of likely N-dealkylation sites (N-methyl/N-ethyl adjacent to an activating group) is 1. The molecule has 21 heavy (non-hydrogen) atoms. The van der Waals surface area contributed by atoms with E-state index in [4.69, 9.17) is 11.6 Å². The molecule has 1 aromatic carbocycles.